The SMILES string of the molecule is NC1(c2cc(O)c(O)c(Br)c2)CCCC1. The quantitative estimate of drug-likeness (QED) is 0.688. The van der Waals surface area contributed by atoms with Gasteiger partial charge in [-0.3, -0.25) is 0 Å². The van der Waals surface area contributed by atoms with E-state index in [-0.39, 0.29) is 17.0 Å². The van der Waals surface area contributed by atoms with Crippen molar-refractivity contribution in [3.8, 4) is 11.5 Å². The summed E-state index contributed by atoms with van der Waals surface area (Å²) in [6.07, 6.45) is 4.11. The van der Waals surface area contributed by atoms with Gasteiger partial charge < -0.3 is 15.9 Å². The fraction of sp³-hybridized carbons (Fsp3) is 0.455. The third kappa shape index (κ3) is 1.84. The molecule has 4 heteroatoms. The van der Waals surface area contributed by atoms with Gasteiger partial charge in [0, 0.05) is 5.54 Å². The standard InChI is InChI=1S/C11H14BrNO2/c12-8-5-7(6-9(14)10(8)15)11(13)3-1-2-4-11/h5-6,14-15H,1-4,13H2. The number of benzene rings is 1. The van der Waals surface area contributed by atoms with E-state index in [0.717, 1.165) is 31.2 Å². The zero-order valence-corrected chi connectivity index (χ0v) is 9.92. The molecule has 1 aromatic rings. The molecule has 3 nitrogen and oxygen atoms in total. The van der Waals surface area contributed by atoms with E-state index in [4.69, 9.17) is 5.73 Å². The van der Waals surface area contributed by atoms with Crippen molar-refractivity contribution < 1.29 is 10.2 Å². The van der Waals surface area contributed by atoms with Crippen molar-refractivity contribution in [2.24, 2.45) is 5.73 Å². The van der Waals surface area contributed by atoms with Crippen LogP contribution in [0.15, 0.2) is 16.6 Å². The molecule has 0 aliphatic heterocycles. The van der Waals surface area contributed by atoms with E-state index in [2.05, 4.69) is 15.9 Å². The van der Waals surface area contributed by atoms with Crippen LogP contribution < -0.4 is 5.73 Å². The molecule has 0 aromatic heterocycles. The monoisotopic (exact) mass is 271 g/mol. The average Bonchev–Trinajstić information content (AvgIpc) is 2.62. The highest BCUT2D eigenvalue weighted by atomic mass is 79.9. The summed E-state index contributed by atoms with van der Waals surface area (Å²) in [6.45, 7) is 0. The van der Waals surface area contributed by atoms with Crippen molar-refractivity contribution in [3.05, 3.63) is 22.2 Å². The average molecular weight is 272 g/mol. The molecule has 0 radical (unpaired) electrons. The Kier molecular flexibility index (Phi) is 2.64. The van der Waals surface area contributed by atoms with Gasteiger partial charge in [-0.2, -0.15) is 0 Å². The topological polar surface area (TPSA) is 66.5 Å². The summed E-state index contributed by atoms with van der Waals surface area (Å²) in [7, 11) is 0. The van der Waals surface area contributed by atoms with Crippen molar-refractivity contribution in [2.75, 3.05) is 0 Å². The highest BCUT2D eigenvalue weighted by Crippen LogP contribution is 2.42. The van der Waals surface area contributed by atoms with E-state index in [1.807, 2.05) is 0 Å². The van der Waals surface area contributed by atoms with Crippen LogP contribution in [0.4, 0.5) is 0 Å². The summed E-state index contributed by atoms with van der Waals surface area (Å²) in [4.78, 5) is 0. The van der Waals surface area contributed by atoms with Gasteiger partial charge >= 0.3 is 0 Å². The lowest BCUT2D eigenvalue weighted by atomic mass is 9.89. The van der Waals surface area contributed by atoms with Gasteiger partial charge in [-0.1, -0.05) is 12.8 Å². The largest absolute Gasteiger partial charge is 0.504 e. The molecule has 0 saturated heterocycles. The zero-order chi connectivity index (χ0) is 11.1. The molecule has 0 atom stereocenters. The normalized spacial score (nSPS) is 19.3. The van der Waals surface area contributed by atoms with E-state index >= 15 is 0 Å². The summed E-state index contributed by atoms with van der Waals surface area (Å²) in [5.74, 6) is -0.239. The Bertz CT molecular complexity index is 363. The molecule has 2 rings (SSSR count). The lowest BCUT2D eigenvalue weighted by Crippen LogP contribution is -2.32. The second-order valence-corrected chi connectivity index (χ2v) is 5.04. The fourth-order valence-electron chi connectivity index (χ4n) is 2.17. The minimum Gasteiger partial charge on any atom is -0.504 e. The van der Waals surface area contributed by atoms with Gasteiger partial charge in [0.2, 0.25) is 0 Å². The molecule has 0 unspecified atom stereocenters. The van der Waals surface area contributed by atoms with Crippen LogP contribution in [-0.2, 0) is 5.54 Å². The summed E-state index contributed by atoms with van der Waals surface area (Å²) in [5.41, 5.74) is 6.81. The summed E-state index contributed by atoms with van der Waals surface area (Å²) >= 11 is 3.20. The Labute approximate surface area is 97.0 Å². The van der Waals surface area contributed by atoms with Crippen LogP contribution in [0.5, 0.6) is 11.5 Å². The van der Waals surface area contributed by atoms with Crippen molar-refractivity contribution in [3.63, 3.8) is 0 Å². The molecule has 0 spiro atoms. The molecular formula is C11H14BrNO2. The molecule has 1 aliphatic rings. The number of phenols is 2. The summed E-state index contributed by atoms with van der Waals surface area (Å²) in [5, 5.41) is 18.9. The third-order valence-electron chi connectivity index (χ3n) is 3.11. The van der Waals surface area contributed by atoms with Crippen LogP contribution >= 0.6 is 15.9 Å². The highest BCUT2D eigenvalue weighted by Gasteiger charge is 2.32. The predicted octanol–water partition coefficient (Wildman–Crippen LogP) is 2.59. The van der Waals surface area contributed by atoms with Crippen LogP contribution in [0.1, 0.15) is 31.2 Å². The first-order chi connectivity index (χ1) is 7.03. The van der Waals surface area contributed by atoms with Crippen molar-refractivity contribution in [1.82, 2.24) is 0 Å². The zero-order valence-electron chi connectivity index (χ0n) is 8.33. The third-order valence-corrected chi connectivity index (χ3v) is 3.72. The van der Waals surface area contributed by atoms with Gasteiger partial charge in [0.15, 0.2) is 11.5 Å². The Morgan fingerprint density at radius 2 is 1.80 bits per heavy atom. The summed E-state index contributed by atoms with van der Waals surface area (Å²) in [6, 6.07) is 3.35. The molecule has 0 bridgehead atoms. The lowest BCUT2D eigenvalue weighted by Gasteiger charge is -2.24. The van der Waals surface area contributed by atoms with Crippen molar-refractivity contribution >= 4 is 15.9 Å². The Hall–Kier alpha value is -0.740. The Morgan fingerprint density at radius 3 is 2.33 bits per heavy atom. The number of aromatic hydroxyl groups is 2. The van der Waals surface area contributed by atoms with Crippen molar-refractivity contribution in [1.29, 1.82) is 0 Å². The van der Waals surface area contributed by atoms with E-state index in [9.17, 15) is 10.2 Å². The van der Waals surface area contributed by atoms with E-state index in [1.54, 1.807) is 12.1 Å². The predicted molar refractivity (Wildman–Crippen MR) is 61.8 cm³/mol. The van der Waals surface area contributed by atoms with Gasteiger partial charge in [0.1, 0.15) is 0 Å². The van der Waals surface area contributed by atoms with E-state index in [0.29, 0.717) is 4.47 Å². The minimum absolute atomic E-state index is 0.115. The molecule has 0 amide bonds. The maximum absolute atomic E-state index is 9.52. The van der Waals surface area contributed by atoms with Crippen LogP contribution in [0.3, 0.4) is 0 Å². The maximum atomic E-state index is 9.52. The highest BCUT2D eigenvalue weighted by molar-refractivity contribution is 9.10. The Balaban J connectivity index is 2.45. The van der Waals surface area contributed by atoms with Crippen LogP contribution in [0, 0.1) is 0 Å². The number of halogens is 1. The van der Waals surface area contributed by atoms with Gasteiger partial charge in [0.05, 0.1) is 4.47 Å². The first-order valence-corrected chi connectivity index (χ1v) is 5.83. The molecule has 15 heavy (non-hydrogen) atoms. The second kappa shape index (κ2) is 3.68. The van der Waals surface area contributed by atoms with Gasteiger partial charge in [-0.25, -0.2) is 0 Å². The van der Waals surface area contributed by atoms with Crippen LogP contribution in [-0.4, -0.2) is 10.2 Å². The second-order valence-electron chi connectivity index (χ2n) is 4.19. The fourth-order valence-corrected chi connectivity index (χ4v) is 2.62. The number of hydrogen-bond donors (Lipinski definition) is 3. The van der Waals surface area contributed by atoms with Gasteiger partial charge in [-0.15, -0.1) is 0 Å². The van der Waals surface area contributed by atoms with E-state index < -0.39 is 0 Å². The molecule has 82 valence electrons. The number of nitrogens with two attached hydrogens (primary N) is 1. The maximum Gasteiger partial charge on any atom is 0.171 e. The van der Waals surface area contributed by atoms with Crippen LogP contribution in [0.2, 0.25) is 0 Å². The summed E-state index contributed by atoms with van der Waals surface area (Å²) < 4.78 is 0.495. The lowest BCUT2D eigenvalue weighted by molar-refractivity contribution is 0.395. The smallest absolute Gasteiger partial charge is 0.171 e. The van der Waals surface area contributed by atoms with E-state index in [1.165, 1.54) is 0 Å². The molecule has 1 aromatic carbocycles. The minimum atomic E-state index is -0.340. The van der Waals surface area contributed by atoms with Crippen LogP contribution in [0.25, 0.3) is 0 Å². The Morgan fingerprint density at radius 1 is 1.20 bits per heavy atom. The first kappa shape index (κ1) is 10.8. The molecule has 1 fully saturated rings. The molecule has 0 heterocycles. The molecule has 1 aliphatic carbocycles. The molecular weight excluding hydrogens is 258 g/mol. The first-order valence-electron chi connectivity index (χ1n) is 5.04. The van der Waals surface area contributed by atoms with Gasteiger partial charge in [0.25, 0.3) is 0 Å². The number of rotatable bonds is 1. The van der Waals surface area contributed by atoms with Gasteiger partial charge in [-0.05, 0) is 46.5 Å². The number of hydrogen-bond acceptors (Lipinski definition) is 3. The van der Waals surface area contributed by atoms with Crippen molar-refractivity contribution in [2.45, 2.75) is 31.2 Å². The molecule has 1 saturated carbocycles. The number of phenolic OH excluding ortho intramolecular Hbond substituents is 2. The molecule has 4 N–H and O–H groups in total.